The number of nitrogens with two attached hydrogens (primary N) is 1. The maximum absolute atomic E-state index is 9.71. The van der Waals surface area contributed by atoms with Crippen LogP contribution < -0.4 is 10.5 Å². The number of hydrogen-bond acceptors (Lipinski definition) is 5. The van der Waals surface area contributed by atoms with Gasteiger partial charge in [-0.05, 0) is 35.9 Å². The van der Waals surface area contributed by atoms with E-state index in [4.69, 9.17) is 22.7 Å². The number of phenols is 1. The fourth-order valence-electron chi connectivity index (χ4n) is 2.46. The minimum absolute atomic E-state index is 0.0680. The number of imidazole rings is 1. The fourth-order valence-corrected chi connectivity index (χ4v) is 2.61. The van der Waals surface area contributed by atoms with Crippen LogP contribution in [0.5, 0.6) is 11.5 Å². The molecule has 0 unspecified atom stereocenters. The second kappa shape index (κ2) is 6.29. The molecule has 0 fully saturated rings. The fraction of sp³-hybridized carbons (Fsp3) is 0.118. The van der Waals surface area contributed by atoms with Gasteiger partial charge in [0.1, 0.15) is 10.8 Å². The van der Waals surface area contributed by atoms with E-state index in [1.807, 2.05) is 29.8 Å². The van der Waals surface area contributed by atoms with Crippen LogP contribution in [0.3, 0.4) is 0 Å². The molecule has 24 heavy (non-hydrogen) atoms. The molecule has 0 aliphatic heterocycles. The molecule has 3 aromatic rings. The lowest BCUT2D eigenvalue weighted by Gasteiger charge is -2.08. The molecule has 6 nitrogen and oxygen atoms in total. The molecule has 2 heterocycles. The first-order valence-corrected chi connectivity index (χ1v) is 7.58. The van der Waals surface area contributed by atoms with Gasteiger partial charge in [-0.25, -0.2) is 9.97 Å². The first kappa shape index (κ1) is 15.9. The van der Waals surface area contributed by atoms with Crippen LogP contribution in [-0.2, 0) is 7.05 Å². The maximum Gasteiger partial charge on any atom is 0.178 e. The van der Waals surface area contributed by atoms with Crippen LogP contribution in [0, 0.1) is 0 Å². The third-order valence-electron chi connectivity index (χ3n) is 3.68. The monoisotopic (exact) mass is 340 g/mol. The number of ether oxygens (including phenoxy) is 1. The summed E-state index contributed by atoms with van der Waals surface area (Å²) in [6.45, 7) is 0. The predicted molar refractivity (Wildman–Crippen MR) is 97.8 cm³/mol. The van der Waals surface area contributed by atoms with Gasteiger partial charge in [0.15, 0.2) is 17.1 Å². The molecule has 122 valence electrons. The number of aryl methyl sites for hydroxylation is 1. The number of thiocarbonyl (C=S) groups is 1. The largest absolute Gasteiger partial charge is 0.504 e. The van der Waals surface area contributed by atoms with Crippen LogP contribution >= 0.6 is 12.2 Å². The van der Waals surface area contributed by atoms with Crippen molar-refractivity contribution >= 4 is 40.0 Å². The second-order valence-electron chi connectivity index (χ2n) is 5.19. The summed E-state index contributed by atoms with van der Waals surface area (Å²) in [5.74, 6) is 1.07. The van der Waals surface area contributed by atoms with Gasteiger partial charge in [-0.1, -0.05) is 18.3 Å². The molecule has 2 aromatic heterocycles. The summed E-state index contributed by atoms with van der Waals surface area (Å²) in [5.41, 5.74) is 8.82. The number of phenolic OH excluding ortho intramolecular Hbond substituents is 1. The predicted octanol–water partition coefficient (Wildman–Crippen LogP) is 2.51. The molecular weight excluding hydrogens is 324 g/mol. The molecule has 0 saturated heterocycles. The van der Waals surface area contributed by atoms with E-state index in [-0.39, 0.29) is 10.7 Å². The zero-order chi connectivity index (χ0) is 17.3. The first-order valence-electron chi connectivity index (χ1n) is 7.17. The van der Waals surface area contributed by atoms with Crippen LogP contribution in [0.4, 0.5) is 0 Å². The molecule has 3 N–H and O–H groups in total. The highest BCUT2D eigenvalue weighted by atomic mass is 32.1. The molecule has 0 aliphatic rings. The minimum Gasteiger partial charge on any atom is -0.504 e. The van der Waals surface area contributed by atoms with Gasteiger partial charge in [-0.2, -0.15) is 0 Å². The summed E-state index contributed by atoms with van der Waals surface area (Å²) in [6.07, 6.45) is 3.50. The zero-order valence-corrected chi connectivity index (χ0v) is 14.0. The van der Waals surface area contributed by atoms with Crippen LogP contribution in [0.15, 0.2) is 36.5 Å². The van der Waals surface area contributed by atoms with Gasteiger partial charge >= 0.3 is 0 Å². The molecule has 0 aliphatic carbocycles. The maximum atomic E-state index is 9.71. The van der Waals surface area contributed by atoms with E-state index in [0.717, 1.165) is 11.1 Å². The summed E-state index contributed by atoms with van der Waals surface area (Å²) in [4.78, 5) is 9.00. The van der Waals surface area contributed by atoms with Crippen LogP contribution in [0.25, 0.3) is 22.8 Å². The highest BCUT2D eigenvalue weighted by Crippen LogP contribution is 2.29. The standard InChI is InChI=1S/C17H16N4O2S/c1-21-12-4-3-7-19-16(12)20-17(21)11(15(18)24)8-10-5-6-13(22)14(9-10)23-2/h3-9,22H,1-2H3,(H2,18,24)/b11-8-. The molecule has 0 spiro atoms. The Labute approximate surface area is 144 Å². The SMILES string of the molecule is COc1cc(/C=C(/C(N)=S)c2nc3ncccc3n2C)ccc1O. The van der Waals surface area contributed by atoms with E-state index in [1.165, 1.54) is 7.11 Å². The summed E-state index contributed by atoms with van der Waals surface area (Å²) in [7, 11) is 3.38. The van der Waals surface area contributed by atoms with Gasteiger partial charge in [0, 0.05) is 13.2 Å². The lowest BCUT2D eigenvalue weighted by atomic mass is 10.1. The van der Waals surface area contributed by atoms with Gasteiger partial charge < -0.3 is 20.1 Å². The molecular formula is C17H16N4O2S. The number of pyridine rings is 1. The molecule has 0 amide bonds. The van der Waals surface area contributed by atoms with Crippen molar-refractivity contribution in [3.63, 3.8) is 0 Å². The Morgan fingerprint density at radius 3 is 2.83 bits per heavy atom. The van der Waals surface area contributed by atoms with Gasteiger partial charge in [0.25, 0.3) is 0 Å². The van der Waals surface area contributed by atoms with E-state index in [1.54, 1.807) is 24.4 Å². The van der Waals surface area contributed by atoms with Crippen molar-refractivity contribution < 1.29 is 9.84 Å². The Balaban J connectivity index is 2.16. The Morgan fingerprint density at radius 1 is 1.38 bits per heavy atom. The van der Waals surface area contributed by atoms with Gasteiger partial charge in [-0.15, -0.1) is 0 Å². The number of rotatable bonds is 4. The highest BCUT2D eigenvalue weighted by Gasteiger charge is 2.15. The van der Waals surface area contributed by atoms with Gasteiger partial charge in [0.05, 0.1) is 18.2 Å². The van der Waals surface area contributed by atoms with Crippen molar-refractivity contribution in [2.45, 2.75) is 0 Å². The molecule has 0 saturated carbocycles. The molecule has 0 atom stereocenters. The average Bonchev–Trinajstić information content (AvgIpc) is 2.91. The van der Waals surface area contributed by atoms with E-state index in [2.05, 4.69) is 9.97 Å². The number of hydrogen-bond donors (Lipinski definition) is 2. The minimum atomic E-state index is 0.0680. The zero-order valence-electron chi connectivity index (χ0n) is 13.2. The van der Waals surface area contributed by atoms with Crippen molar-refractivity contribution in [2.24, 2.45) is 12.8 Å². The Kier molecular flexibility index (Phi) is 4.18. The van der Waals surface area contributed by atoms with E-state index in [9.17, 15) is 5.11 Å². The lowest BCUT2D eigenvalue weighted by molar-refractivity contribution is 0.373. The van der Waals surface area contributed by atoms with Crippen molar-refractivity contribution in [1.82, 2.24) is 14.5 Å². The average molecular weight is 340 g/mol. The van der Waals surface area contributed by atoms with E-state index >= 15 is 0 Å². The number of fused-ring (bicyclic) bond motifs is 1. The third kappa shape index (κ3) is 2.81. The number of methoxy groups -OCH3 is 1. The smallest absolute Gasteiger partial charge is 0.178 e. The van der Waals surface area contributed by atoms with Crippen LogP contribution in [0.1, 0.15) is 11.4 Å². The van der Waals surface area contributed by atoms with E-state index < -0.39 is 0 Å². The molecule has 0 bridgehead atoms. The number of aromatic nitrogens is 3. The van der Waals surface area contributed by atoms with Gasteiger partial charge in [-0.3, -0.25) is 0 Å². The second-order valence-corrected chi connectivity index (χ2v) is 5.63. The van der Waals surface area contributed by atoms with Gasteiger partial charge in [0.2, 0.25) is 0 Å². The van der Waals surface area contributed by atoms with Crippen molar-refractivity contribution in [3.05, 3.63) is 47.9 Å². The van der Waals surface area contributed by atoms with Crippen molar-refractivity contribution in [2.75, 3.05) is 7.11 Å². The summed E-state index contributed by atoms with van der Waals surface area (Å²) >= 11 is 5.20. The number of benzene rings is 1. The van der Waals surface area contributed by atoms with Crippen molar-refractivity contribution in [1.29, 1.82) is 0 Å². The molecule has 1 aromatic carbocycles. The van der Waals surface area contributed by atoms with Crippen LogP contribution in [-0.4, -0.2) is 31.7 Å². The van der Waals surface area contributed by atoms with Crippen LogP contribution in [0.2, 0.25) is 0 Å². The summed E-state index contributed by atoms with van der Waals surface area (Å²) in [5, 5.41) is 9.71. The Morgan fingerprint density at radius 2 is 2.17 bits per heavy atom. The topological polar surface area (TPSA) is 86.2 Å². The quantitative estimate of drug-likeness (QED) is 0.561. The normalized spacial score (nSPS) is 11.7. The molecule has 7 heteroatoms. The first-order chi connectivity index (χ1) is 11.5. The van der Waals surface area contributed by atoms with E-state index in [0.29, 0.717) is 22.8 Å². The number of aromatic hydroxyl groups is 1. The van der Waals surface area contributed by atoms with Crippen molar-refractivity contribution in [3.8, 4) is 11.5 Å². The molecule has 3 rings (SSSR count). The lowest BCUT2D eigenvalue weighted by Crippen LogP contribution is -2.13. The molecule has 0 radical (unpaired) electrons. The third-order valence-corrected chi connectivity index (χ3v) is 3.90. The number of nitrogens with zero attached hydrogens (tertiary/aromatic N) is 3. The summed E-state index contributed by atoms with van der Waals surface area (Å²) in [6, 6.07) is 8.78. The summed E-state index contributed by atoms with van der Waals surface area (Å²) < 4.78 is 7.02. The highest BCUT2D eigenvalue weighted by molar-refractivity contribution is 7.81. The Bertz CT molecular complexity index is 962. The Hall–Kier alpha value is -2.93.